The molecule has 1 aliphatic rings. The van der Waals surface area contributed by atoms with Gasteiger partial charge in [0.1, 0.15) is 0 Å². The number of pyridine rings is 1. The predicted molar refractivity (Wildman–Crippen MR) is 106 cm³/mol. The van der Waals surface area contributed by atoms with Gasteiger partial charge in [-0.15, -0.1) is 0 Å². The van der Waals surface area contributed by atoms with Crippen LogP contribution in [0.2, 0.25) is 0 Å². The van der Waals surface area contributed by atoms with Gasteiger partial charge in [0.15, 0.2) is 0 Å². The van der Waals surface area contributed by atoms with Crippen molar-refractivity contribution in [1.29, 1.82) is 0 Å². The first kappa shape index (κ1) is 16.9. The Kier molecular flexibility index (Phi) is 4.80. The maximum Gasteiger partial charge on any atom is 0.222 e. The van der Waals surface area contributed by atoms with Crippen LogP contribution in [0.4, 0.5) is 5.95 Å². The minimum Gasteiger partial charge on any atom is -0.355 e. The van der Waals surface area contributed by atoms with E-state index in [2.05, 4.69) is 51.4 Å². The van der Waals surface area contributed by atoms with Crippen LogP contribution in [0, 0.1) is 6.92 Å². The topological polar surface area (TPSA) is 53.9 Å². The van der Waals surface area contributed by atoms with Crippen LogP contribution in [-0.4, -0.2) is 39.5 Å². The molecule has 0 unspecified atom stereocenters. The maximum absolute atomic E-state index is 4.84. The number of benzene rings is 1. The summed E-state index contributed by atoms with van der Waals surface area (Å²) in [5, 5.41) is 4.35. The van der Waals surface area contributed by atoms with Crippen LogP contribution in [0.5, 0.6) is 0 Å². The molecule has 5 nitrogen and oxygen atoms in total. The summed E-state index contributed by atoms with van der Waals surface area (Å²) >= 11 is 0. The molecule has 2 aromatic heterocycles. The van der Waals surface area contributed by atoms with Crippen molar-refractivity contribution < 1.29 is 0 Å². The third-order valence-corrected chi connectivity index (χ3v) is 4.97. The molecule has 1 fully saturated rings. The molecule has 1 saturated heterocycles. The summed E-state index contributed by atoms with van der Waals surface area (Å²) in [6.07, 6.45) is 6.32. The number of hydrogen-bond acceptors (Lipinski definition) is 5. The zero-order valence-corrected chi connectivity index (χ0v) is 15.5. The first-order valence-corrected chi connectivity index (χ1v) is 9.42. The van der Waals surface area contributed by atoms with E-state index in [9.17, 15) is 0 Å². The highest BCUT2D eigenvalue weighted by atomic mass is 15.1. The Labute approximate surface area is 154 Å². The van der Waals surface area contributed by atoms with Gasteiger partial charge in [-0.3, -0.25) is 4.90 Å². The molecule has 5 heteroatoms. The summed E-state index contributed by atoms with van der Waals surface area (Å²) in [7, 11) is 0. The summed E-state index contributed by atoms with van der Waals surface area (Å²) in [5.41, 5.74) is 5.50. The monoisotopic (exact) mass is 347 g/mol. The lowest BCUT2D eigenvalue weighted by Gasteiger charge is -2.15. The lowest BCUT2D eigenvalue weighted by atomic mass is 10.0. The van der Waals surface area contributed by atoms with Gasteiger partial charge >= 0.3 is 0 Å². The number of hydrogen-bond donors (Lipinski definition) is 1. The normalized spacial score (nSPS) is 14.8. The second-order valence-electron chi connectivity index (χ2n) is 6.98. The number of nitrogens with zero attached hydrogens (tertiary/aromatic N) is 4. The molecule has 3 aromatic rings. The maximum atomic E-state index is 4.84. The van der Waals surface area contributed by atoms with E-state index in [1.807, 2.05) is 19.3 Å². The quantitative estimate of drug-likeness (QED) is 0.755. The van der Waals surface area contributed by atoms with E-state index in [4.69, 9.17) is 4.98 Å². The summed E-state index contributed by atoms with van der Waals surface area (Å²) in [4.78, 5) is 16.1. The second kappa shape index (κ2) is 7.38. The van der Waals surface area contributed by atoms with Crippen LogP contribution < -0.4 is 5.32 Å². The molecular formula is C21H25N5. The van der Waals surface area contributed by atoms with Crippen molar-refractivity contribution in [3.63, 3.8) is 0 Å². The number of nitrogens with one attached hydrogen (secondary N) is 1. The first-order valence-electron chi connectivity index (χ1n) is 9.42. The number of fused-ring (bicyclic) bond motifs is 1. The highest BCUT2D eigenvalue weighted by molar-refractivity contribution is 5.85. The Morgan fingerprint density at radius 3 is 2.58 bits per heavy atom. The zero-order valence-electron chi connectivity index (χ0n) is 15.5. The molecular weight excluding hydrogens is 322 g/mol. The van der Waals surface area contributed by atoms with Crippen molar-refractivity contribution in [2.75, 3.05) is 25.0 Å². The number of aromatic nitrogens is 3. The van der Waals surface area contributed by atoms with Gasteiger partial charge in [-0.25, -0.2) is 15.0 Å². The number of likely N-dealkylation sites (tertiary alicyclic amines) is 1. The average molecular weight is 347 g/mol. The Balaban J connectivity index is 1.63. The lowest BCUT2D eigenvalue weighted by Crippen LogP contribution is -2.18. The van der Waals surface area contributed by atoms with E-state index < -0.39 is 0 Å². The van der Waals surface area contributed by atoms with Crippen molar-refractivity contribution >= 4 is 16.9 Å². The van der Waals surface area contributed by atoms with Crippen LogP contribution in [0.3, 0.4) is 0 Å². The van der Waals surface area contributed by atoms with Crippen molar-refractivity contribution in [2.45, 2.75) is 33.2 Å². The van der Waals surface area contributed by atoms with Gasteiger partial charge < -0.3 is 5.32 Å². The van der Waals surface area contributed by atoms with Crippen LogP contribution in [0.25, 0.3) is 22.2 Å². The number of anilines is 1. The van der Waals surface area contributed by atoms with Gasteiger partial charge in [0.25, 0.3) is 0 Å². The molecule has 0 atom stereocenters. The SMILES string of the molecule is CCNc1ncc(-c2cc(C)c3cc(CN4CCCC4)ccc3n2)cn1. The van der Waals surface area contributed by atoms with Crippen LogP contribution in [-0.2, 0) is 6.54 Å². The molecule has 0 spiro atoms. The van der Waals surface area contributed by atoms with Gasteiger partial charge in [0.05, 0.1) is 11.2 Å². The first-order chi connectivity index (χ1) is 12.7. The Hall–Kier alpha value is -2.53. The fourth-order valence-electron chi connectivity index (χ4n) is 3.60. The standard InChI is InChI=1S/C21H25N5/c1-3-22-21-23-12-17(13-24-21)20-10-15(2)18-11-16(6-7-19(18)25-20)14-26-8-4-5-9-26/h6-7,10-13H,3-5,8-9,14H2,1-2H3,(H,22,23,24). The molecule has 0 radical (unpaired) electrons. The van der Waals surface area contributed by atoms with E-state index in [1.54, 1.807) is 0 Å². The fraction of sp³-hybridized carbons (Fsp3) is 0.381. The van der Waals surface area contributed by atoms with Gasteiger partial charge in [-0.2, -0.15) is 0 Å². The van der Waals surface area contributed by atoms with E-state index >= 15 is 0 Å². The van der Waals surface area contributed by atoms with E-state index in [-0.39, 0.29) is 0 Å². The molecule has 0 saturated carbocycles. The van der Waals surface area contributed by atoms with Gasteiger partial charge in [-0.1, -0.05) is 6.07 Å². The predicted octanol–water partition coefficient (Wildman–Crippen LogP) is 4.03. The molecule has 0 amide bonds. The van der Waals surface area contributed by atoms with Crippen molar-refractivity contribution in [2.24, 2.45) is 0 Å². The van der Waals surface area contributed by atoms with Crippen molar-refractivity contribution in [1.82, 2.24) is 19.9 Å². The smallest absolute Gasteiger partial charge is 0.222 e. The highest BCUT2D eigenvalue weighted by Crippen LogP contribution is 2.25. The van der Waals surface area contributed by atoms with Crippen LogP contribution in [0.1, 0.15) is 30.9 Å². The zero-order chi connectivity index (χ0) is 17.9. The average Bonchev–Trinajstić information content (AvgIpc) is 3.16. The number of rotatable bonds is 5. The van der Waals surface area contributed by atoms with E-state index in [0.717, 1.165) is 29.9 Å². The molecule has 26 heavy (non-hydrogen) atoms. The Morgan fingerprint density at radius 1 is 1.08 bits per heavy atom. The van der Waals surface area contributed by atoms with Crippen molar-refractivity contribution in [3.8, 4) is 11.3 Å². The number of aryl methyl sites for hydroxylation is 1. The summed E-state index contributed by atoms with van der Waals surface area (Å²) in [5.74, 6) is 0.653. The Bertz CT molecular complexity index is 898. The summed E-state index contributed by atoms with van der Waals surface area (Å²) in [6.45, 7) is 8.47. The summed E-state index contributed by atoms with van der Waals surface area (Å²) in [6, 6.07) is 8.78. The van der Waals surface area contributed by atoms with Crippen molar-refractivity contribution in [3.05, 3.63) is 47.8 Å². The van der Waals surface area contributed by atoms with Gasteiger partial charge in [0.2, 0.25) is 5.95 Å². The molecule has 3 heterocycles. The second-order valence-corrected chi connectivity index (χ2v) is 6.98. The molecule has 134 valence electrons. The summed E-state index contributed by atoms with van der Waals surface area (Å²) < 4.78 is 0. The van der Waals surface area contributed by atoms with E-state index in [0.29, 0.717) is 5.95 Å². The van der Waals surface area contributed by atoms with Gasteiger partial charge in [-0.05, 0) is 69.1 Å². The third-order valence-electron chi connectivity index (χ3n) is 4.97. The Morgan fingerprint density at radius 2 is 1.85 bits per heavy atom. The minimum atomic E-state index is 0.653. The fourth-order valence-corrected chi connectivity index (χ4v) is 3.60. The lowest BCUT2D eigenvalue weighted by molar-refractivity contribution is 0.331. The molecule has 1 aromatic carbocycles. The highest BCUT2D eigenvalue weighted by Gasteiger charge is 2.13. The van der Waals surface area contributed by atoms with Crippen LogP contribution >= 0.6 is 0 Å². The van der Waals surface area contributed by atoms with E-state index in [1.165, 1.54) is 42.4 Å². The molecule has 4 rings (SSSR count). The molecule has 1 aliphatic heterocycles. The molecule has 0 bridgehead atoms. The van der Waals surface area contributed by atoms with Crippen LogP contribution in [0.15, 0.2) is 36.7 Å². The third kappa shape index (κ3) is 3.53. The molecule has 1 N–H and O–H groups in total. The largest absolute Gasteiger partial charge is 0.355 e. The minimum absolute atomic E-state index is 0.653. The molecule has 0 aliphatic carbocycles. The van der Waals surface area contributed by atoms with Gasteiger partial charge in [0, 0.05) is 36.4 Å².